The van der Waals surface area contributed by atoms with Gasteiger partial charge >= 0.3 is 0 Å². The Labute approximate surface area is 147 Å². The van der Waals surface area contributed by atoms with E-state index in [-0.39, 0.29) is 17.6 Å². The van der Waals surface area contributed by atoms with Crippen LogP contribution in [0, 0.1) is 16.0 Å². The second kappa shape index (κ2) is 7.29. The van der Waals surface area contributed by atoms with E-state index >= 15 is 0 Å². The third-order valence-corrected chi connectivity index (χ3v) is 5.37. The van der Waals surface area contributed by atoms with Crippen molar-refractivity contribution in [3.8, 4) is 0 Å². The van der Waals surface area contributed by atoms with Gasteiger partial charge in [-0.3, -0.25) is 14.9 Å². The number of nitro groups is 1. The van der Waals surface area contributed by atoms with E-state index in [1.807, 2.05) is 0 Å². The largest absolute Gasteiger partial charge is 0.383 e. The predicted molar refractivity (Wildman–Crippen MR) is 98.4 cm³/mol. The second-order valence-electron chi connectivity index (χ2n) is 7.16. The maximum absolute atomic E-state index is 12.9. The minimum absolute atomic E-state index is 0.0609. The first kappa shape index (κ1) is 17.5. The van der Waals surface area contributed by atoms with Crippen LogP contribution < -0.4 is 15.5 Å². The van der Waals surface area contributed by atoms with Crippen LogP contribution >= 0.6 is 0 Å². The number of hydrogen-bond acceptors (Lipinski definition) is 5. The zero-order valence-electron chi connectivity index (χ0n) is 14.9. The summed E-state index contributed by atoms with van der Waals surface area (Å²) in [7, 11) is 1.66. The van der Waals surface area contributed by atoms with Gasteiger partial charge in [0.2, 0.25) is 0 Å². The quantitative estimate of drug-likeness (QED) is 0.632. The molecule has 2 N–H and O–H groups in total. The lowest BCUT2D eigenvalue weighted by molar-refractivity contribution is -0.383. The lowest BCUT2D eigenvalue weighted by Crippen LogP contribution is -2.41. The monoisotopic (exact) mass is 346 g/mol. The van der Waals surface area contributed by atoms with Gasteiger partial charge in [-0.15, -0.1) is 0 Å². The number of nitrogens with zero attached hydrogens (tertiary/aromatic N) is 2. The molecule has 0 aromatic heterocycles. The van der Waals surface area contributed by atoms with E-state index in [0.29, 0.717) is 17.2 Å². The number of nitro benzene ring substituents is 1. The first-order valence-electron chi connectivity index (χ1n) is 9.05. The van der Waals surface area contributed by atoms with Crippen molar-refractivity contribution in [3.63, 3.8) is 0 Å². The van der Waals surface area contributed by atoms with E-state index in [4.69, 9.17) is 0 Å². The molecule has 1 saturated heterocycles. The van der Waals surface area contributed by atoms with Crippen LogP contribution in [0.4, 0.5) is 17.1 Å². The van der Waals surface area contributed by atoms with Gasteiger partial charge in [0.25, 0.3) is 11.6 Å². The van der Waals surface area contributed by atoms with Gasteiger partial charge in [0, 0.05) is 32.2 Å². The van der Waals surface area contributed by atoms with Crippen molar-refractivity contribution < 1.29 is 9.72 Å². The van der Waals surface area contributed by atoms with Crippen LogP contribution in [-0.2, 0) is 0 Å². The SMILES string of the molecule is CNc1cc(N2CCC2)c(C(=O)N[C@H]2CC[C@H](C)CC2)cc1[N+](=O)[O-]. The van der Waals surface area contributed by atoms with Gasteiger partial charge in [-0.1, -0.05) is 6.92 Å². The summed E-state index contributed by atoms with van der Waals surface area (Å²) in [5, 5.41) is 17.3. The van der Waals surface area contributed by atoms with Crippen molar-refractivity contribution in [2.24, 2.45) is 5.92 Å². The molecule has 3 rings (SSSR count). The lowest BCUT2D eigenvalue weighted by Gasteiger charge is -2.35. The summed E-state index contributed by atoms with van der Waals surface area (Å²) in [5.74, 6) is 0.507. The molecule has 1 aliphatic heterocycles. The molecule has 0 atom stereocenters. The maximum atomic E-state index is 12.9. The van der Waals surface area contributed by atoms with E-state index in [0.717, 1.165) is 50.9 Å². The number of carbonyl (C=O) groups excluding carboxylic acids is 1. The van der Waals surface area contributed by atoms with Gasteiger partial charge in [0.1, 0.15) is 5.69 Å². The van der Waals surface area contributed by atoms with Crippen molar-refractivity contribution in [2.45, 2.75) is 45.1 Å². The number of nitrogens with one attached hydrogen (secondary N) is 2. The molecule has 7 heteroatoms. The molecule has 7 nitrogen and oxygen atoms in total. The molecule has 1 aliphatic carbocycles. The Morgan fingerprint density at radius 1 is 1.24 bits per heavy atom. The van der Waals surface area contributed by atoms with Crippen LogP contribution in [0.5, 0.6) is 0 Å². The molecule has 136 valence electrons. The fraction of sp³-hybridized carbons (Fsp3) is 0.611. The average molecular weight is 346 g/mol. The summed E-state index contributed by atoms with van der Waals surface area (Å²) in [6.45, 7) is 3.99. The molecular formula is C18H26N4O3. The highest BCUT2D eigenvalue weighted by Crippen LogP contribution is 2.35. The summed E-state index contributed by atoms with van der Waals surface area (Å²) < 4.78 is 0. The fourth-order valence-electron chi connectivity index (χ4n) is 3.60. The maximum Gasteiger partial charge on any atom is 0.293 e. The topological polar surface area (TPSA) is 87.5 Å². The number of hydrogen-bond donors (Lipinski definition) is 2. The molecule has 0 spiro atoms. The van der Waals surface area contributed by atoms with Crippen LogP contribution in [0.3, 0.4) is 0 Å². The van der Waals surface area contributed by atoms with Crippen LogP contribution in [0.15, 0.2) is 12.1 Å². The molecule has 1 aromatic carbocycles. The van der Waals surface area contributed by atoms with Crippen molar-refractivity contribution in [1.82, 2.24) is 5.32 Å². The average Bonchev–Trinajstić information content (AvgIpc) is 2.54. The first-order chi connectivity index (χ1) is 12.0. The Kier molecular flexibility index (Phi) is 5.11. The van der Waals surface area contributed by atoms with Crippen molar-refractivity contribution in [3.05, 3.63) is 27.8 Å². The molecular weight excluding hydrogens is 320 g/mol. The summed E-state index contributed by atoms with van der Waals surface area (Å²) >= 11 is 0. The lowest BCUT2D eigenvalue weighted by atomic mass is 9.87. The van der Waals surface area contributed by atoms with Crippen molar-refractivity contribution in [1.29, 1.82) is 0 Å². The molecule has 1 amide bonds. The number of anilines is 2. The smallest absolute Gasteiger partial charge is 0.293 e. The van der Waals surface area contributed by atoms with E-state index in [1.165, 1.54) is 6.07 Å². The summed E-state index contributed by atoms with van der Waals surface area (Å²) in [4.78, 5) is 25.9. The molecule has 1 aromatic rings. The summed E-state index contributed by atoms with van der Waals surface area (Å²) in [6.07, 6.45) is 5.25. The summed E-state index contributed by atoms with van der Waals surface area (Å²) in [5.41, 5.74) is 1.57. The van der Waals surface area contributed by atoms with Gasteiger partial charge in [-0.05, 0) is 44.1 Å². The standard InChI is InChI=1S/C18H26N4O3/c1-12-4-6-13(7-5-12)20-18(23)14-10-17(22(24)25)15(19-2)11-16(14)21-8-3-9-21/h10-13,19H,3-9H2,1-2H3,(H,20,23)/t12-,13-. The highest BCUT2D eigenvalue weighted by atomic mass is 16.6. The fourth-order valence-corrected chi connectivity index (χ4v) is 3.60. The highest BCUT2D eigenvalue weighted by Gasteiger charge is 2.28. The highest BCUT2D eigenvalue weighted by molar-refractivity contribution is 6.02. The van der Waals surface area contributed by atoms with Crippen LogP contribution in [0.25, 0.3) is 0 Å². The van der Waals surface area contributed by atoms with Gasteiger partial charge in [-0.25, -0.2) is 0 Å². The van der Waals surface area contributed by atoms with E-state index in [2.05, 4.69) is 22.5 Å². The van der Waals surface area contributed by atoms with Crippen molar-refractivity contribution >= 4 is 23.0 Å². The third-order valence-electron chi connectivity index (χ3n) is 5.37. The number of benzene rings is 1. The molecule has 0 radical (unpaired) electrons. The normalized spacial score (nSPS) is 22.9. The minimum atomic E-state index is -0.440. The van der Waals surface area contributed by atoms with Crippen LogP contribution in [-0.4, -0.2) is 37.0 Å². The number of rotatable bonds is 5. The number of carbonyl (C=O) groups is 1. The molecule has 2 aliphatic rings. The van der Waals surface area contributed by atoms with Gasteiger partial charge < -0.3 is 15.5 Å². The number of amides is 1. The Morgan fingerprint density at radius 2 is 1.92 bits per heavy atom. The van der Waals surface area contributed by atoms with Gasteiger partial charge in [0.05, 0.1) is 16.2 Å². The molecule has 0 bridgehead atoms. The van der Waals surface area contributed by atoms with E-state index in [1.54, 1.807) is 13.1 Å². The molecule has 0 unspecified atom stereocenters. The van der Waals surface area contributed by atoms with E-state index in [9.17, 15) is 14.9 Å². The second-order valence-corrected chi connectivity index (χ2v) is 7.16. The van der Waals surface area contributed by atoms with Crippen LogP contribution in [0.2, 0.25) is 0 Å². The first-order valence-corrected chi connectivity index (χ1v) is 9.05. The molecule has 1 saturated carbocycles. The van der Waals surface area contributed by atoms with E-state index < -0.39 is 4.92 Å². The Morgan fingerprint density at radius 3 is 2.44 bits per heavy atom. The Hall–Kier alpha value is -2.31. The minimum Gasteiger partial charge on any atom is -0.383 e. The zero-order valence-corrected chi connectivity index (χ0v) is 14.9. The molecule has 2 fully saturated rings. The van der Waals surface area contributed by atoms with Gasteiger partial charge in [0.15, 0.2) is 0 Å². The molecule has 1 heterocycles. The van der Waals surface area contributed by atoms with Crippen LogP contribution in [0.1, 0.15) is 49.4 Å². The Bertz CT molecular complexity index is 665. The zero-order chi connectivity index (χ0) is 18.0. The predicted octanol–water partition coefficient (Wildman–Crippen LogP) is 3.16. The van der Waals surface area contributed by atoms with Crippen molar-refractivity contribution in [2.75, 3.05) is 30.4 Å². The Balaban J connectivity index is 1.88. The summed E-state index contributed by atoms with van der Waals surface area (Å²) in [6, 6.07) is 3.31. The van der Waals surface area contributed by atoms with Gasteiger partial charge in [-0.2, -0.15) is 0 Å². The molecule has 25 heavy (non-hydrogen) atoms. The third kappa shape index (κ3) is 3.70.